The fraction of sp³-hybridized carbons (Fsp3) is 0.250. The maximum absolute atomic E-state index is 12.4. The van der Waals surface area contributed by atoms with E-state index in [1.807, 2.05) is 49.4 Å². The van der Waals surface area contributed by atoms with Crippen molar-refractivity contribution in [1.82, 2.24) is 5.43 Å². The largest absolute Gasteiger partial charge is 0.496 e. The van der Waals surface area contributed by atoms with Gasteiger partial charge in [0, 0.05) is 10.0 Å². The Balaban J connectivity index is 1.73. The number of halogens is 2. The highest BCUT2D eigenvalue weighted by Gasteiger charge is 2.17. The van der Waals surface area contributed by atoms with Crippen LogP contribution in [-0.4, -0.2) is 25.8 Å². The quantitative estimate of drug-likeness (QED) is 0.277. The number of methoxy groups -OCH3 is 1. The van der Waals surface area contributed by atoms with Crippen molar-refractivity contribution in [3.05, 3.63) is 68.1 Å². The molecule has 3 aromatic rings. The van der Waals surface area contributed by atoms with Gasteiger partial charge < -0.3 is 9.47 Å². The summed E-state index contributed by atoms with van der Waals surface area (Å²) in [5.41, 5.74) is 5.37. The predicted octanol–water partition coefficient (Wildman–Crippen LogP) is 6.33. The van der Waals surface area contributed by atoms with Crippen LogP contribution >= 0.6 is 31.9 Å². The van der Waals surface area contributed by atoms with Crippen molar-refractivity contribution in [2.24, 2.45) is 5.10 Å². The molecule has 0 spiro atoms. The van der Waals surface area contributed by atoms with Crippen molar-refractivity contribution in [2.45, 2.75) is 26.7 Å². The Hall–Kier alpha value is -2.38. The zero-order valence-corrected chi connectivity index (χ0v) is 21.0. The fourth-order valence-electron chi connectivity index (χ4n) is 3.21. The molecule has 0 bridgehead atoms. The zero-order chi connectivity index (χ0) is 22.5. The first-order chi connectivity index (χ1) is 14.8. The van der Waals surface area contributed by atoms with Gasteiger partial charge in [-0.15, -0.1) is 0 Å². The topological polar surface area (TPSA) is 59.9 Å². The van der Waals surface area contributed by atoms with E-state index in [1.165, 1.54) is 0 Å². The SMILES string of the molecule is COc1ccc2ccccc2c1/C=N/NC(=O)COc1c(C(C)C)cc(Br)c(C)c1Br. The van der Waals surface area contributed by atoms with E-state index in [0.29, 0.717) is 11.5 Å². The molecule has 0 saturated carbocycles. The molecule has 7 heteroatoms. The molecule has 0 unspecified atom stereocenters. The van der Waals surface area contributed by atoms with Crippen LogP contribution in [-0.2, 0) is 4.79 Å². The Morgan fingerprint density at radius 3 is 2.65 bits per heavy atom. The van der Waals surface area contributed by atoms with Gasteiger partial charge in [-0.3, -0.25) is 4.79 Å². The number of nitrogens with zero attached hydrogens (tertiary/aromatic N) is 1. The molecule has 3 rings (SSSR count). The first-order valence-electron chi connectivity index (χ1n) is 9.82. The van der Waals surface area contributed by atoms with Crippen LogP contribution in [0.3, 0.4) is 0 Å². The van der Waals surface area contributed by atoms with Crippen molar-refractivity contribution < 1.29 is 14.3 Å². The number of ether oxygens (including phenoxy) is 2. The van der Waals surface area contributed by atoms with Gasteiger partial charge >= 0.3 is 0 Å². The molecule has 0 aromatic heterocycles. The average molecular weight is 548 g/mol. The number of amides is 1. The third-order valence-corrected chi connectivity index (χ3v) is 6.71. The van der Waals surface area contributed by atoms with E-state index in [4.69, 9.17) is 9.47 Å². The van der Waals surface area contributed by atoms with Crippen molar-refractivity contribution in [1.29, 1.82) is 0 Å². The lowest BCUT2D eigenvalue weighted by molar-refractivity contribution is -0.123. The number of hydrogen-bond donors (Lipinski definition) is 1. The number of benzene rings is 3. The summed E-state index contributed by atoms with van der Waals surface area (Å²) in [5.74, 6) is 1.25. The number of nitrogens with one attached hydrogen (secondary N) is 1. The minimum atomic E-state index is -0.349. The first-order valence-corrected chi connectivity index (χ1v) is 11.4. The van der Waals surface area contributed by atoms with Gasteiger partial charge in [0.25, 0.3) is 5.91 Å². The molecule has 162 valence electrons. The Bertz CT molecular complexity index is 1140. The van der Waals surface area contributed by atoms with Crippen LogP contribution in [0.15, 0.2) is 56.5 Å². The number of carbonyl (C=O) groups is 1. The van der Waals surface area contributed by atoms with Crippen molar-refractivity contribution >= 4 is 54.8 Å². The van der Waals surface area contributed by atoms with Crippen LogP contribution in [0.4, 0.5) is 0 Å². The van der Waals surface area contributed by atoms with Crippen LogP contribution in [0.1, 0.15) is 36.5 Å². The van der Waals surface area contributed by atoms with E-state index in [1.54, 1.807) is 13.3 Å². The Morgan fingerprint density at radius 2 is 1.94 bits per heavy atom. The summed E-state index contributed by atoms with van der Waals surface area (Å²) >= 11 is 7.16. The fourth-order valence-corrected chi connectivity index (χ4v) is 4.48. The number of fused-ring (bicyclic) bond motifs is 1. The molecule has 0 aliphatic rings. The number of rotatable bonds is 7. The van der Waals surface area contributed by atoms with Gasteiger partial charge in [0.05, 0.1) is 17.8 Å². The van der Waals surface area contributed by atoms with Crippen molar-refractivity contribution in [2.75, 3.05) is 13.7 Å². The lowest BCUT2D eigenvalue weighted by Crippen LogP contribution is -2.25. The molecule has 0 aliphatic carbocycles. The van der Waals surface area contributed by atoms with Gasteiger partial charge in [0.2, 0.25) is 0 Å². The lowest BCUT2D eigenvalue weighted by atomic mass is 10.0. The summed E-state index contributed by atoms with van der Waals surface area (Å²) in [4.78, 5) is 12.4. The molecule has 0 atom stereocenters. The minimum Gasteiger partial charge on any atom is -0.496 e. The molecule has 1 amide bonds. The highest BCUT2D eigenvalue weighted by Crippen LogP contribution is 2.40. The standard InChI is InChI=1S/C24H24Br2N2O3/c1-14(2)18-11-20(25)15(3)23(26)24(18)31-13-22(29)28-27-12-19-17-8-6-5-7-16(17)9-10-21(19)30-4/h5-12,14H,13H2,1-4H3,(H,28,29)/b27-12+. The summed E-state index contributed by atoms with van der Waals surface area (Å²) in [6.07, 6.45) is 1.60. The van der Waals surface area contributed by atoms with Crippen molar-refractivity contribution in [3.63, 3.8) is 0 Å². The molecule has 0 aliphatic heterocycles. The number of carbonyl (C=O) groups excluding carboxylic acids is 1. The summed E-state index contributed by atoms with van der Waals surface area (Å²) in [5, 5.41) is 6.18. The maximum atomic E-state index is 12.4. The third-order valence-electron chi connectivity index (χ3n) is 4.93. The van der Waals surface area contributed by atoms with Gasteiger partial charge in [-0.05, 0) is 62.8 Å². The smallest absolute Gasteiger partial charge is 0.277 e. The van der Waals surface area contributed by atoms with Crippen molar-refractivity contribution in [3.8, 4) is 11.5 Å². The van der Waals surface area contributed by atoms with Crippen LogP contribution < -0.4 is 14.9 Å². The van der Waals surface area contributed by atoms with E-state index < -0.39 is 0 Å². The summed E-state index contributed by atoms with van der Waals surface area (Å²) in [6.45, 7) is 5.99. The second-order valence-electron chi connectivity index (χ2n) is 7.35. The molecular formula is C24H24Br2N2O3. The van der Waals surface area contributed by atoms with E-state index in [2.05, 4.69) is 56.2 Å². The minimum absolute atomic E-state index is 0.149. The molecule has 0 fully saturated rings. The van der Waals surface area contributed by atoms with Gasteiger partial charge in [-0.1, -0.05) is 60.1 Å². The van der Waals surface area contributed by atoms with Gasteiger partial charge in [-0.2, -0.15) is 5.10 Å². The van der Waals surface area contributed by atoms with Crippen LogP contribution in [0.2, 0.25) is 0 Å². The van der Waals surface area contributed by atoms with E-state index in [9.17, 15) is 4.79 Å². The van der Waals surface area contributed by atoms with Gasteiger partial charge in [0.15, 0.2) is 6.61 Å². The lowest BCUT2D eigenvalue weighted by Gasteiger charge is -2.18. The number of hydrogen-bond acceptors (Lipinski definition) is 4. The van der Waals surface area contributed by atoms with Crippen LogP contribution in [0.25, 0.3) is 10.8 Å². The summed E-state index contributed by atoms with van der Waals surface area (Å²) < 4.78 is 13.1. The van der Waals surface area contributed by atoms with Gasteiger partial charge in [0.1, 0.15) is 11.5 Å². The zero-order valence-electron chi connectivity index (χ0n) is 17.8. The third kappa shape index (κ3) is 5.28. The molecular weight excluding hydrogens is 524 g/mol. The van der Waals surface area contributed by atoms with Gasteiger partial charge in [-0.25, -0.2) is 5.43 Å². The van der Waals surface area contributed by atoms with Crippen LogP contribution in [0, 0.1) is 6.92 Å². The van der Waals surface area contributed by atoms with Crippen LogP contribution in [0.5, 0.6) is 11.5 Å². The summed E-state index contributed by atoms with van der Waals surface area (Å²) in [7, 11) is 1.61. The molecule has 1 N–H and O–H groups in total. The molecule has 3 aromatic carbocycles. The second-order valence-corrected chi connectivity index (χ2v) is 9.00. The monoisotopic (exact) mass is 546 g/mol. The van der Waals surface area contributed by atoms with E-state index in [0.717, 1.165) is 36.4 Å². The average Bonchev–Trinajstić information content (AvgIpc) is 2.76. The van der Waals surface area contributed by atoms with E-state index >= 15 is 0 Å². The molecule has 5 nitrogen and oxygen atoms in total. The highest BCUT2D eigenvalue weighted by atomic mass is 79.9. The highest BCUT2D eigenvalue weighted by molar-refractivity contribution is 9.11. The molecule has 0 saturated heterocycles. The second kappa shape index (κ2) is 10.3. The molecule has 31 heavy (non-hydrogen) atoms. The Labute approximate surface area is 199 Å². The maximum Gasteiger partial charge on any atom is 0.277 e. The number of hydrazone groups is 1. The predicted molar refractivity (Wildman–Crippen MR) is 132 cm³/mol. The molecule has 0 heterocycles. The first kappa shape index (κ1) is 23.3. The molecule has 0 radical (unpaired) electrons. The summed E-state index contributed by atoms with van der Waals surface area (Å²) in [6, 6.07) is 13.8. The Kier molecular flexibility index (Phi) is 7.73. The normalized spacial score (nSPS) is 11.3. The Morgan fingerprint density at radius 1 is 1.19 bits per heavy atom. The van der Waals surface area contributed by atoms with E-state index in [-0.39, 0.29) is 18.4 Å².